The Hall–Kier alpha value is -2.52. The Morgan fingerprint density at radius 2 is 2.10 bits per heavy atom. The van der Waals surface area contributed by atoms with Crippen molar-refractivity contribution in [1.82, 2.24) is 9.78 Å². The van der Waals surface area contributed by atoms with Crippen LogP contribution in [0.15, 0.2) is 36.5 Å². The molecule has 0 unspecified atom stereocenters. The summed E-state index contributed by atoms with van der Waals surface area (Å²) < 4.78 is 55.3. The molecule has 3 aromatic rings. The molecule has 0 saturated carbocycles. The number of ketones is 1. The van der Waals surface area contributed by atoms with Gasteiger partial charge in [0.25, 0.3) is 0 Å². The molecule has 9 heteroatoms. The molecule has 0 amide bonds. The van der Waals surface area contributed by atoms with E-state index in [0.717, 1.165) is 16.6 Å². The maximum Gasteiger partial charge on any atom is 0.420 e. The predicted molar refractivity (Wildman–Crippen MR) is 110 cm³/mol. The molecule has 0 fully saturated rings. The first-order valence-corrected chi connectivity index (χ1v) is 10.8. The number of hydrogen-bond acceptors (Lipinski definition) is 4. The van der Waals surface area contributed by atoms with Gasteiger partial charge in [0, 0.05) is 23.4 Å². The second-order valence-corrected chi connectivity index (χ2v) is 8.88. The summed E-state index contributed by atoms with van der Waals surface area (Å²) in [6.07, 6.45) is -1.81. The first kappa shape index (κ1) is 21.7. The number of halogens is 4. The number of hydrogen-bond donors (Lipinski definition) is 1. The van der Waals surface area contributed by atoms with Gasteiger partial charge in [0.15, 0.2) is 5.78 Å². The van der Waals surface area contributed by atoms with E-state index in [2.05, 4.69) is 5.10 Å². The summed E-state index contributed by atoms with van der Waals surface area (Å²) in [5.74, 6) is -0.698. The SMILES string of the molecule is NC[C@@H](CC(=O)c1cc2c(s1)CCCn1ncc(C(F)(F)F)c1-2)Cc1cccc(F)c1. The summed E-state index contributed by atoms with van der Waals surface area (Å²) in [6.45, 7) is 0.650. The van der Waals surface area contributed by atoms with Crippen molar-refractivity contribution in [3.05, 3.63) is 63.2 Å². The molecule has 4 nitrogen and oxygen atoms in total. The molecule has 0 aliphatic carbocycles. The van der Waals surface area contributed by atoms with Gasteiger partial charge in [-0.3, -0.25) is 9.48 Å². The topological polar surface area (TPSA) is 60.9 Å². The zero-order valence-electron chi connectivity index (χ0n) is 16.6. The van der Waals surface area contributed by atoms with Crippen LogP contribution in [0.2, 0.25) is 0 Å². The van der Waals surface area contributed by atoms with Gasteiger partial charge in [-0.25, -0.2) is 4.39 Å². The predicted octanol–water partition coefficient (Wildman–Crippen LogP) is 5.11. The van der Waals surface area contributed by atoms with Gasteiger partial charge in [-0.1, -0.05) is 12.1 Å². The molecule has 0 spiro atoms. The zero-order chi connectivity index (χ0) is 22.2. The molecule has 0 radical (unpaired) electrons. The smallest absolute Gasteiger partial charge is 0.330 e. The Balaban J connectivity index is 1.59. The van der Waals surface area contributed by atoms with Crippen molar-refractivity contribution in [3.8, 4) is 11.3 Å². The lowest BCUT2D eigenvalue weighted by molar-refractivity contribution is -0.137. The minimum Gasteiger partial charge on any atom is -0.330 e. The minimum atomic E-state index is -4.52. The first-order valence-electron chi connectivity index (χ1n) is 10.00. The maximum atomic E-state index is 13.5. The summed E-state index contributed by atoms with van der Waals surface area (Å²) in [6, 6.07) is 7.72. The number of aromatic nitrogens is 2. The Labute approximate surface area is 180 Å². The van der Waals surface area contributed by atoms with E-state index >= 15 is 0 Å². The highest BCUT2D eigenvalue weighted by Crippen LogP contribution is 2.42. The lowest BCUT2D eigenvalue weighted by atomic mass is 9.93. The summed E-state index contributed by atoms with van der Waals surface area (Å²) in [7, 11) is 0. The monoisotopic (exact) mass is 451 g/mol. The number of carbonyl (C=O) groups is 1. The normalized spacial score (nSPS) is 14.6. The van der Waals surface area contributed by atoms with Crippen molar-refractivity contribution in [2.75, 3.05) is 6.54 Å². The van der Waals surface area contributed by atoms with Crippen molar-refractivity contribution in [2.24, 2.45) is 11.7 Å². The average molecular weight is 451 g/mol. The fourth-order valence-electron chi connectivity index (χ4n) is 3.99. The van der Waals surface area contributed by atoms with Crippen LogP contribution in [0, 0.1) is 11.7 Å². The van der Waals surface area contributed by atoms with Crippen molar-refractivity contribution in [2.45, 2.75) is 38.4 Å². The number of thiophene rings is 1. The second kappa shape index (κ2) is 8.55. The molecule has 1 atom stereocenters. The number of Topliss-reactive ketones (excluding diaryl/α,β-unsaturated/α-hetero) is 1. The van der Waals surface area contributed by atoms with Crippen LogP contribution in [0.25, 0.3) is 11.3 Å². The molecule has 2 N–H and O–H groups in total. The van der Waals surface area contributed by atoms with Gasteiger partial charge >= 0.3 is 6.18 Å². The number of nitrogens with two attached hydrogens (primary N) is 1. The van der Waals surface area contributed by atoms with Crippen molar-refractivity contribution in [1.29, 1.82) is 0 Å². The third-order valence-electron chi connectivity index (χ3n) is 5.48. The quantitative estimate of drug-likeness (QED) is 0.419. The third-order valence-corrected chi connectivity index (χ3v) is 6.71. The van der Waals surface area contributed by atoms with Crippen LogP contribution >= 0.6 is 11.3 Å². The summed E-state index contributed by atoms with van der Waals surface area (Å²) in [5, 5.41) is 3.92. The molecule has 1 aromatic carbocycles. The van der Waals surface area contributed by atoms with Crippen LogP contribution in [-0.2, 0) is 25.6 Å². The van der Waals surface area contributed by atoms with Gasteiger partial charge in [-0.2, -0.15) is 18.3 Å². The molecule has 3 heterocycles. The molecule has 4 rings (SSSR count). The summed E-state index contributed by atoms with van der Waals surface area (Å²) in [4.78, 5) is 14.1. The van der Waals surface area contributed by atoms with Gasteiger partial charge in [0.1, 0.15) is 11.4 Å². The van der Waals surface area contributed by atoms with E-state index in [4.69, 9.17) is 5.73 Å². The second-order valence-electron chi connectivity index (χ2n) is 7.74. The minimum absolute atomic E-state index is 0.0328. The molecular weight excluding hydrogens is 430 g/mol. The summed E-state index contributed by atoms with van der Waals surface area (Å²) >= 11 is 1.25. The highest BCUT2D eigenvalue weighted by atomic mass is 32.1. The number of alkyl halides is 3. The number of fused-ring (bicyclic) bond motifs is 3. The number of aryl methyl sites for hydroxylation is 2. The summed E-state index contributed by atoms with van der Waals surface area (Å²) in [5.41, 5.74) is 6.28. The molecule has 164 valence electrons. The van der Waals surface area contributed by atoms with E-state index in [0.29, 0.717) is 36.2 Å². The van der Waals surface area contributed by atoms with Crippen molar-refractivity contribution < 1.29 is 22.4 Å². The van der Waals surface area contributed by atoms with Crippen LogP contribution in [0.3, 0.4) is 0 Å². The fraction of sp³-hybridized carbons (Fsp3) is 0.364. The zero-order valence-corrected chi connectivity index (χ0v) is 17.4. The fourth-order valence-corrected chi connectivity index (χ4v) is 5.14. The number of nitrogens with zero attached hydrogens (tertiary/aromatic N) is 2. The van der Waals surface area contributed by atoms with E-state index in [1.807, 2.05) is 0 Å². The van der Waals surface area contributed by atoms with E-state index in [1.165, 1.54) is 28.2 Å². The molecule has 0 bridgehead atoms. The van der Waals surface area contributed by atoms with Gasteiger partial charge in [-0.05, 0) is 55.5 Å². The molecule has 1 aliphatic heterocycles. The van der Waals surface area contributed by atoms with Gasteiger partial charge in [-0.15, -0.1) is 11.3 Å². The Morgan fingerprint density at radius 3 is 2.81 bits per heavy atom. The number of benzene rings is 1. The van der Waals surface area contributed by atoms with E-state index in [9.17, 15) is 22.4 Å². The van der Waals surface area contributed by atoms with E-state index in [1.54, 1.807) is 18.2 Å². The number of rotatable bonds is 6. The number of carbonyl (C=O) groups excluding carboxylic acids is 1. The lowest BCUT2D eigenvalue weighted by Crippen LogP contribution is -2.20. The van der Waals surface area contributed by atoms with Crippen LogP contribution in [0.1, 0.15) is 38.5 Å². The third kappa shape index (κ3) is 4.57. The molecule has 0 saturated heterocycles. The highest BCUT2D eigenvalue weighted by molar-refractivity contribution is 7.14. The Kier molecular flexibility index (Phi) is 5.98. The van der Waals surface area contributed by atoms with E-state index in [-0.39, 0.29) is 36.2 Å². The first-order chi connectivity index (χ1) is 14.8. The standard InChI is InChI=1S/C22H21F4N3OS/c23-15-4-1-3-13(8-15)7-14(11-27)9-18(30)20-10-16-19(31-20)5-2-6-29-21(16)17(12-28-29)22(24,25)26/h1,3-4,8,10,12,14H,2,5-7,9,11,27H2/t14-/m1/s1. The average Bonchev–Trinajstić information content (AvgIpc) is 3.28. The van der Waals surface area contributed by atoms with Crippen LogP contribution in [0.4, 0.5) is 17.6 Å². The van der Waals surface area contributed by atoms with Gasteiger partial charge in [0.05, 0.1) is 16.8 Å². The lowest BCUT2D eigenvalue weighted by Gasteiger charge is -2.13. The Bertz CT molecular complexity index is 1100. The molecular formula is C22H21F4N3OS. The largest absolute Gasteiger partial charge is 0.420 e. The van der Waals surface area contributed by atoms with Gasteiger partial charge in [0.2, 0.25) is 0 Å². The van der Waals surface area contributed by atoms with Crippen LogP contribution in [0.5, 0.6) is 0 Å². The van der Waals surface area contributed by atoms with Crippen molar-refractivity contribution in [3.63, 3.8) is 0 Å². The highest BCUT2D eigenvalue weighted by Gasteiger charge is 2.38. The molecule has 2 aromatic heterocycles. The maximum absolute atomic E-state index is 13.5. The van der Waals surface area contributed by atoms with Crippen LogP contribution in [-0.4, -0.2) is 22.1 Å². The molecule has 31 heavy (non-hydrogen) atoms. The van der Waals surface area contributed by atoms with Crippen molar-refractivity contribution >= 4 is 17.1 Å². The van der Waals surface area contributed by atoms with Gasteiger partial charge < -0.3 is 5.73 Å². The van der Waals surface area contributed by atoms with Crippen LogP contribution < -0.4 is 5.73 Å². The van der Waals surface area contributed by atoms with E-state index < -0.39 is 11.7 Å². The molecule has 1 aliphatic rings. The Morgan fingerprint density at radius 1 is 1.29 bits per heavy atom.